The van der Waals surface area contributed by atoms with E-state index >= 15 is 0 Å². The third-order valence-corrected chi connectivity index (χ3v) is 5.27. The molecule has 118 valence electrons. The van der Waals surface area contributed by atoms with Crippen molar-refractivity contribution < 1.29 is 13.2 Å². The first kappa shape index (κ1) is 17.7. The molecule has 1 aromatic rings. The van der Waals surface area contributed by atoms with Gasteiger partial charge in [-0.25, -0.2) is 12.7 Å². The van der Waals surface area contributed by atoms with Crippen molar-refractivity contribution in [2.75, 3.05) is 14.1 Å². The summed E-state index contributed by atoms with van der Waals surface area (Å²) in [6, 6.07) is 6.74. The number of sulfonamides is 1. The summed E-state index contributed by atoms with van der Waals surface area (Å²) in [6.45, 7) is 4.13. The minimum Gasteiger partial charge on any atom is -0.352 e. The molecular formula is C15H24N2O3S. The van der Waals surface area contributed by atoms with Crippen LogP contribution in [0.4, 0.5) is 0 Å². The molecular weight excluding hydrogens is 288 g/mol. The van der Waals surface area contributed by atoms with E-state index in [4.69, 9.17) is 0 Å². The molecule has 5 nitrogen and oxygen atoms in total. The molecule has 0 aliphatic heterocycles. The number of amides is 1. The second-order valence-corrected chi connectivity index (χ2v) is 7.42. The lowest BCUT2D eigenvalue weighted by atomic mass is 10.1. The molecule has 0 aromatic heterocycles. The smallest absolute Gasteiger partial charge is 0.242 e. The van der Waals surface area contributed by atoms with Gasteiger partial charge in [0, 0.05) is 26.6 Å². The van der Waals surface area contributed by atoms with Crippen LogP contribution >= 0.6 is 0 Å². The molecule has 0 heterocycles. The standard InChI is InChI=1S/C15H24N2O3S/c1-5-8-12(2)15(18)16-11-13-9-6-7-10-14(13)21(19,20)17(3)4/h6-7,9-10,12H,5,8,11H2,1-4H3,(H,16,18). The maximum absolute atomic E-state index is 12.2. The SMILES string of the molecule is CCCC(C)C(=O)NCc1ccccc1S(=O)(=O)N(C)C. The summed E-state index contributed by atoms with van der Waals surface area (Å²) in [5.41, 5.74) is 0.600. The van der Waals surface area contributed by atoms with Gasteiger partial charge in [0.2, 0.25) is 15.9 Å². The van der Waals surface area contributed by atoms with Gasteiger partial charge in [-0.2, -0.15) is 0 Å². The van der Waals surface area contributed by atoms with Gasteiger partial charge in [-0.3, -0.25) is 4.79 Å². The third kappa shape index (κ3) is 4.54. The van der Waals surface area contributed by atoms with Gasteiger partial charge in [-0.05, 0) is 18.1 Å². The van der Waals surface area contributed by atoms with E-state index < -0.39 is 10.0 Å². The third-order valence-electron chi connectivity index (χ3n) is 3.35. The zero-order valence-electron chi connectivity index (χ0n) is 13.1. The average Bonchev–Trinajstić information content (AvgIpc) is 2.45. The molecule has 0 bridgehead atoms. The van der Waals surface area contributed by atoms with Crippen molar-refractivity contribution in [1.82, 2.24) is 9.62 Å². The number of carbonyl (C=O) groups is 1. The van der Waals surface area contributed by atoms with Crippen LogP contribution in [-0.2, 0) is 21.4 Å². The molecule has 1 rings (SSSR count). The molecule has 0 saturated heterocycles. The van der Waals surface area contributed by atoms with Gasteiger partial charge in [0.25, 0.3) is 0 Å². The first-order chi connectivity index (χ1) is 9.80. The highest BCUT2D eigenvalue weighted by atomic mass is 32.2. The highest BCUT2D eigenvalue weighted by Gasteiger charge is 2.21. The molecule has 1 atom stereocenters. The second-order valence-electron chi connectivity index (χ2n) is 5.30. The molecule has 0 spiro atoms. The fraction of sp³-hybridized carbons (Fsp3) is 0.533. The molecule has 0 saturated carbocycles. The second kappa shape index (κ2) is 7.56. The van der Waals surface area contributed by atoms with Crippen LogP contribution < -0.4 is 5.32 Å². The summed E-state index contributed by atoms with van der Waals surface area (Å²) in [7, 11) is -0.516. The molecule has 0 aliphatic rings. The predicted octanol–water partition coefficient (Wildman–Crippen LogP) is 1.99. The quantitative estimate of drug-likeness (QED) is 0.837. The topological polar surface area (TPSA) is 66.5 Å². The number of carbonyl (C=O) groups excluding carboxylic acids is 1. The van der Waals surface area contributed by atoms with Gasteiger partial charge in [-0.15, -0.1) is 0 Å². The van der Waals surface area contributed by atoms with Crippen LogP contribution in [0.5, 0.6) is 0 Å². The minimum atomic E-state index is -3.50. The van der Waals surface area contributed by atoms with Crippen LogP contribution in [0.2, 0.25) is 0 Å². The molecule has 1 unspecified atom stereocenters. The molecule has 1 N–H and O–H groups in total. The summed E-state index contributed by atoms with van der Waals surface area (Å²) in [5.74, 6) is -0.110. The summed E-state index contributed by atoms with van der Waals surface area (Å²) >= 11 is 0. The first-order valence-electron chi connectivity index (χ1n) is 7.08. The van der Waals surface area contributed by atoms with Crippen LogP contribution in [0, 0.1) is 5.92 Å². The fourth-order valence-corrected chi connectivity index (χ4v) is 3.13. The molecule has 21 heavy (non-hydrogen) atoms. The van der Waals surface area contributed by atoms with Gasteiger partial charge in [0.15, 0.2) is 0 Å². The number of nitrogens with zero attached hydrogens (tertiary/aromatic N) is 1. The average molecular weight is 312 g/mol. The van der Waals surface area contributed by atoms with Crippen LogP contribution in [-0.4, -0.2) is 32.7 Å². The highest BCUT2D eigenvalue weighted by Crippen LogP contribution is 2.18. The Morgan fingerprint density at radius 1 is 1.29 bits per heavy atom. The van der Waals surface area contributed by atoms with Crippen molar-refractivity contribution in [1.29, 1.82) is 0 Å². The Hall–Kier alpha value is -1.40. The Bertz CT molecular complexity index is 582. The molecule has 0 radical (unpaired) electrons. The molecule has 0 fully saturated rings. The first-order valence-corrected chi connectivity index (χ1v) is 8.52. The van der Waals surface area contributed by atoms with Gasteiger partial charge >= 0.3 is 0 Å². The number of rotatable bonds is 7. The van der Waals surface area contributed by atoms with Crippen molar-refractivity contribution in [3.8, 4) is 0 Å². The van der Waals surface area contributed by atoms with Crippen molar-refractivity contribution in [3.63, 3.8) is 0 Å². The van der Waals surface area contributed by atoms with Crippen LogP contribution in [0.3, 0.4) is 0 Å². The van der Waals surface area contributed by atoms with E-state index in [2.05, 4.69) is 5.32 Å². The van der Waals surface area contributed by atoms with Gasteiger partial charge in [-0.1, -0.05) is 38.5 Å². The normalized spacial score (nSPS) is 13.2. The highest BCUT2D eigenvalue weighted by molar-refractivity contribution is 7.89. The zero-order valence-corrected chi connectivity index (χ0v) is 13.9. The Balaban J connectivity index is 2.89. The number of hydrogen-bond donors (Lipinski definition) is 1. The number of hydrogen-bond acceptors (Lipinski definition) is 3. The van der Waals surface area contributed by atoms with E-state index in [1.54, 1.807) is 24.3 Å². The lowest BCUT2D eigenvalue weighted by Crippen LogP contribution is -2.30. The van der Waals surface area contributed by atoms with Crippen molar-refractivity contribution in [2.45, 2.75) is 38.1 Å². The van der Waals surface area contributed by atoms with Gasteiger partial charge in [0.1, 0.15) is 0 Å². The van der Waals surface area contributed by atoms with E-state index in [-0.39, 0.29) is 23.3 Å². The molecule has 1 amide bonds. The molecule has 0 aliphatic carbocycles. The maximum atomic E-state index is 12.2. The largest absolute Gasteiger partial charge is 0.352 e. The maximum Gasteiger partial charge on any atom is 0.242 e. The van der Waals surface area contributed by atoms with Crippen molar-refractivity contribution in [3.05, 3.63) is 29.8 Å². The van der Waals surface area contributed by atoms with Crippen molar-refractivity contribution >= 4 is 15.9 Å². The summed E-state index contributed by atoms with van der Waals surface area (Å²) < 4.78 is 25.7. The van der Waals surface area contributed by atoms with Crippen LogP contribution in [0.1, 0.15) is 32.3 Å². The Morgan fingerprint density at radius 2 is 1.90 bits per heavy atom. The molecule has 1 aromatic carbocycles. The van der Waals surface area contributed by atoms with Crippen molar-refractivity contribution in [2.24, 2.45) is 5.92 Å². The summed E-state index contributed by atoms with van der Waals surface area (Å²) in [5, 5.41) is 2.81. The molecule has 6 heteroatoms. The van der Waals surface area contributed by atoms with Crippen LogP contribution in [0.25, 0.3) is 0 Å². The fourth-order valence-electron chi connectivity index (χ4n) is 2.02. The minimum absolute atomic E-state index is 0.0473. The summed E-state index contributed by atoms with van der Waals surface area (Å²) in [6.07, 6.45) is 1.77. The lowest BCUT2D eigenvalue weighted by molar-refractivity contribution is -0.124. The summed E-state index contributed by atoms with van der Waals surface area (Å²) in [4.78, 5) is 12.2. The van der Waals surface area contributed by atoms with E-state index in [1.807, 2.05) is 13.8 Å². The van der Waals surface area contributed by atoms with Gasteiger partial charge in [0.05, 0.1) is 4.90 Å². The Kier molecular flexibility index (Phi) is 6.36. The Morgan fingerprint density at radius 3 is 2.48 bits per heavy atom. The predicted molar refractivity (Wildman–Crippen MR) is 83.2 cm³/mol. The lowest BCUT2D eigenvalue weighted by Gasteiger charge is -2.16. The van der Waals surface area contributed by atoms with E-state index in [0.29, 0.717) is 5.56 Å². The van der Waals surface area contributed by atoms with E-state index in [1.165, 1.54) is 18.4 Å². The van der Waals surface area contributed by atoms with Crippen LogP contribution in [0.15, 0.2) is 29.2 Å². The van der Waals surface area contributed by atoms with Gasteiger partial charge < -0.3 is 5.32 Å². The van der Waals surface area contributed by atoms with E-state index in [0.717, 1.165) is 12.8 Å². The monoisotopic (exact) mass is 312 g/mol. The number of nitrogens with one attached hydrogen (secondary N) is 1. The Labute approximate surface area is 127 Å². The zero-order chi connectivity index (χ0) is 16.0. The van der Waals surface area contributed by atoms with E-state index in [9.17, 15) is 13.2 Å². The number of benzene rings is 1.